The van der Waals surface area contributed by atoms with Crippen molar-refractivity contribution in [3.63, 3.8) is 0 Å². The van der Waals surface area contributed by atoms with E-state index in [1.165, 1.54) is 6.33 Å². The topological polar surface area (TPSA) is 39.4 Å². The van der Waals surface area contributed by atoms with Crippen LogP contribution in [0, 0.1) is 0 Å². The van der Waals surface area contributed by atoms with Crippen molar-refractivity contribution in [3.05, 3.63) is 54.4 Å². The maximum absolute atomic E-state index is 5.49. The van der Waals surface area contributed by atoms with Crippen LogP contribution in [0.5, 0.6) is 5.88 Å². The van der Waals surface area contributed by atoms with Gasteiger partial charge in [0.15, 0.2) is 5.65 Å². The van der Waals surface area contributed by atoms with Crippen LogP contribution in [0.3, 0.4) is 0 Å². The van der Waals surface area contributed by atoms with Gasteiger partial charge in [0.05, 0.1) is 7.11 Å². The number of methoxy groups -OCH3 is 1. The van der Waals surface area contributed by atoms with E-state index in [-0.39, 0.29) is 0 Å². The van der Waals surface area contributed by atoms with Gasteiger partial charge in [0.1, 0.15) is 6.33 Å². The molecule has 2 heterocycles. The van der Waals surface area contributed by atoms with E-state index in [1.54, 1.807) is 17.7 Å². The first-order valence-electron chi connectivity index (χ1n) is 7.06. The highest BCUT2D eigenvalue weighted by Crippen LogP contribution is 2.31. The molecule has 2 aromatic rings. The summed E-state index contributed by atoms with van der Waals surface area (Å²) in [7, 11) is 1.64. The lowest BCUT2D eigenvalue weighted by atomic mass is 9.99. The van der Waals surface area contributed by atoms with Gasteiger partial charge >= 0.3 is 0 Å². The van der Waals surface area contributed by atoms with Crippen molar-refractivity contribution in [1.82, 2.24) is 14.6 Å². The standard InChI is InChI=1S/C15H17N3O.C2H6/c1-5-7-11(3)12(6-2)13-8-9-14-16-10-17-18(14)15(13)19-4;1-2/h5-10H,1H2,2-4H3;1-2H3/b11-7+,12-6+;. The van der Waals surface area contributed by atoms with Gasteiger partial charge < -0.3 is 4.74 Å². The molecule has 0 radical (unpaired) electrons. The molecule has 0 aliphatic carbocycles. The van der Waals surface area contributed by atoms with Crippen LogP contribution in [-0.4, -0.2) is 21.7 Å². The zero-order valence-electron chi connectivity index (χ0n) is 13.4. The zero-order chi connectivity index (χ0) is 15.8. The highest BCUT2D eigenvalue weighted by Gasteiger charge is 2.13. The molecule has 112 valence electrons. The molecule has 0 unspecified atom stereocenters. The molecule has 4 nitrogen and oxygen atoms in total. The highest BCUT2D eigenvalue weighted by atomic mass is 16.5. The Morgan fingerprint density at radius 2 is 2.05 bits per heavy atom. The van der Waals surface area contributed by atoms with Crippen LogP contribution in [0.25, 0.3) is 11.2 Å². The predicted octanol–water partition coefficient (Wildman–Crippen LogP) is 4.30. The molecule has 0 N–H and O–H groups in total. The maximum Gasteiger partial charge on any atom is 0.224 e. The molecular formula is C17H23N3O. The minimum Gasteiger partial charge on any atom is -0.480 e. The largest absolute Gasteiger partial charge is 0.480 e. The SMILES string of the molecule is C=C/C=C(C)/C(=C\C)c1ccc2ncnn2c1OC.CC. The van der Waals surface area contributed by atoms with Crippen molar-refractivity contribution in [2.75, 3.05) is 7.11 Å². The second kappa shape index (κ2) is 8.04. The molecule has 21 heavy (non-hydrogen) atoms. The van der Waals surface area contributed by atoms with Gasteiger partial charge in [-0.2, -0.15) is 9.61 Å². The summed E-state index contributed by atoms with van der Waals surface area (Å²) in [5.74, 6) is 0.680. The number of fused-ring (bicyclic) bond motifs is 1. The lowest BCUT2D eigenvalue weighted by Gasteiger charge is -2.13. The smallest absolute Gasteiger partial charge is 0.224 e. The Kier molecular flexibility index (Phi) is 6.40. The Balaban J connectivity index is 0.00000106. The third kappa shape index (κ3) is 3.40. The van der Waals surface area contributed by atoms with E-state index in [1.807, 2.05) is 45.9 Å². The maximum atomic E-state index is 5.49. The minimum atomic E-state index is 0.680. The van der Waals surface area contributed by atoms with E-state index < -0.39 is 0 Å². The van der Waals surface area contributed by atoms with Crippen molar-refractivity contribution < 1.29 is 4.74 Å². The number of hydrogen-bond donors (Lipinski definition) is 0. The van der Waals surface area contributed by atoms with Crippen molar-refractivity contribution >= 4 is 11.2 Å². The van der Waals surface area contributed by atoms with Crippen LogP contribution in [0.2, 0.25) is 0 Å². The van der Waals surface area contributed by atoms with Gasteiger partial charge in [0, 0.05) is 5.56 Å². The first-order valence-corrected chi connectivity index (χ1v) is 7.06. The molecule has 0 atom stereocenters. The van der Waals surface area contributed by atoms with Crippen LogP contribution >= 0.6 is 0 Å². The molecule has 0 spiro atoms. The molecule has 0 amide bonds. The van der Waals surface area contributed by atoms with Crippen LogP contribution in [-0.2, 0) is 0 Å². The van der Waals surface area contributed by atoms with E-state index in [4.69, 9.17) is 4.74 Å². The molecule has 0 saturated carbocycles. The fourth-order valence-electron chi connectivity index (χ4n) is 2.13. The number of nitrogens with zero attached hydrogens (tertiary/aromatic N) is 3. The second-order valence-electron chi connectivity index (χ2n) is 4.07. The van der Waals surface area contributed by atoms with Gasteiger partial charge in [-0.15, -0.1) is 0 Å². The number of allylic oxidation sites excluding steroid dienone is 5. The van der Waals surface area contributed by atoms with Crippen molar-refractivity contribution in [1.29, 1.82) is 0 Å². The minimum absolute atomic E-state index is 0.680. The summed E-state index contributed by atoms with van der Waals surface area (Å²) >= 11 is 0. The molecule has 0 saturated heterocycles. The van der Waals surface area contributed by atoms with Crippen LogP contribution in [0.1, 0.15) is 33.3 Å². The third-order valence-electron chi connectivity index (χ3n) is 2.96. The molecular weight excluding hydrogens is 262 g/mol. The second-order valence-corrected chi connectivity index (χ2v) is 4.07. The Labute approximate surface area is 126 Å². The summed E-state index contributed by atoms with van der Waals surface area (Å²) in [6.07, 6.45) is 7.32. The van der Waals surface area contributed by atoms with E-state index in [9.17, 15) is 0 Å². The van der Waals surface area contributed by atoms with E-state index >= 15 is 0 Å². The molecule has 0 aliphatic rings. The summed E-state index contributed by atoms with van der Waals surface area (Å²) < 4.78 is 7.19. The van der Waals surface area contributed by atoms with Gasteiger partial charge in [-0.1, -0.05) is 38.7 Å². The van der Waals surface area contributed by atoms with Crippen molar-refractivity contribution in [3.8, 4) is 5.88 Å². The summed E-state index contributed by atoms with van der Waals surface area (Å²) in [5.41, 5.74) is 3.96. The van der Waals surface area contributed by atoms with Gasteiger partial charge in [0.2, 0.25) is 5.88 Å². The molecule has 2 rings (SSSR count). The lowest BCUT2D eigenvalue weighted by Crippen LogP contribution is -2.01. The molecule has 0 aliphatic heterocycles. The quantitative estimate of drug-likeness (QED) is 0.786. The van der Waals surface area contributed by atoms with E-state index in [0.29, 0.717) is 5.88 Å². The summed E-state index contributed by atoms with van der Waals surface area (Å²) in [4.78, 5) is 4.16. The summed E-state index contributed by atoms with van der Waals surface area (Å²) in [6.45, 7) is 11.8. The Morgan fingerprint density at radius 1 is 1.33 bits per heavy atom. The monoisotopic (exact) mass is 285 g/mol. The fourth-order valence-corrected chi connectivity index (χ4v) is 2.13. The fraction of sp³-hybridized carbons (Fsp3) is 0.294. The average Bonchev–Trinajstić information content (AvgIpc) is 2.98. The zero-order valence-corrected chi connectivity index (χ0v) is 13.4. The van der Waals surface area contributed by atoms with E-state index in [0.717, 1.165) is 22.4 Å². The molecule has 0 bridgehead atoms. The summed E-state index contributed by atoms with van der Waals surface area (Å²) in [5, 5.41) is 4.19. The number of hydrogen-bond acceptors (Lipinski definition) is 3. The van der Waals surface area contributed by atoms with E-state index in [2.05, 4.69) is 22.7 Å². The van der Waals surface area contributed by atoms with Crippen LogP contribution in [0.4, 0.5) is 0 Å². The normalized spacial score (nSPS) is 11.9. The molecule has 0 aromatic carbocycles. The molecule has 0 fully saturated rings. The first-order chi connectivity index (χ1) is 10.2. The van der Waals surface area contributed by atoms with Gasteiger partial charge in [-0.3, -0.25) is 0 Å². The number of pyridine rings is 1. The first kappa shape index (κ1) is 16.7. The molecule has 4 heteroatoms. The van der Waals surface area contributed by atoms with Gasteiger partial charge in [0.25, 0.3) is 0 Å². The number of aromatic nitrogens is 3. The number of ether oxygens (including phenoxy) is 1. The Bertz CT molecular complexity index is 666. The Morgan fingerprint density at radius 3 is 2.62 bits per heavy atom. The van der Waals surface area contributed by atoms with Gasteiger partial charge in [-0.05, 0) is 37.1 Å². The number of rotatable bonds is 4. The third-order valence-corrected chi connectivity index (χ3v) is 2.96. The average molecular weight is 285 g/mol. The van der Waals surface area contributed by atoms with Gasteiger partial charge in [-0.25, -0.2) is 4.98 Å². The molecule has 2 aromatic heterocycles. The van der Waals surface area contributed by atoms with Crippen LogP contribution in [0.15, 0.2) is 48.8 Å². The lowest BCUT2D eigenvalue weighted by molar-refractivity contribution is 0.384. The van der Waals surface area contributed by atoms with Crippen LogP contribution < -0.4 is 4.74 Å². The van der Waals surface area contributed by atoms with Crippen molar-refractivity contribution in [2.45, 2.75) is 27.7 Å². The summed E-state index contributed by atoms with van der Waals surface area (Å²) in [6, 6.07) is 3.92. The Hall–Kier alpha value is -2.36. The predicted molar refractivity (Wildman–Crippen MR) is 88.5 cm³/mol. The van der Waals surface area contributed by atoms with Crippen molar-refractivity contribution in [2.24, 2.45) is 0 Å². The highest BCUT2D eigenvalue weighted by molar-refractivity contribution is 5.81.